The van der Waals surface area contributed by atoms with E-state index in [1.807, 2.05) is 24.3 Å². The normalized spacial score (nSPS) is 10.2. The summed E-state index contributed by atoms with van der Waals surface area (Å²) in [5.74, 6) is -0.622. The van der Waals surface area contributed by atoms with Crippen LogP contribution in [0.15, 0.2) is 56.7 Å². The van der Waals surface area contributed by atoms with E-state index in [0.717, 1.165) is 14.3 Å². The molecule has 0 spiro atoms. The van der Waals surface area contributed by atoms with Crippen LogP contribution in [0.25, 0.3) is 0 Å². The zero-order valence-corrected chi connectivity index (χ0v) is 12.5. The number of carbonyl (C=O) groups is 1. The first kappa shape index (κ1) is 14.0. The highest BCUT2D eigenvalue weighted by atomic mass is 79.9. The zero-order valence-electron chi connectivity index (χ0n) is 10.1. The number of phenolic OH excluding ortho intramolecular Hbond substituents is 1. The van der Waals surface area contributed by atoms with Crippen LogP contribution in [0.3, 0.4) is 0 Å². The van der Waals surface area contributed by atoms with E-state index in [9.17, 15) is 9.90 Å². The molecule has 0 unspecified atom stereocenters. The molecule has 0 aromatic heterocycles. The van der Waals surface area contributed by atoms with Crippen LogP contribution in [0.1, 0.15) is 10.4 Å². The molecule has 0 saturated heterocycles. The first-order chi connectivity index (χ1) is 9.10. The van der Waals surface area contributed by atoms with Crippen molar-refractivity contribution in [1.29, 1.82) is 0 Å². The largest absolute Gasteiger partial charge is 0.507 e. The van der Waals surface area contributed by atoms with Gasteiger partial charge in [-0.15, -0.1) is 0 Å². The van der Waals surface area contributed by atoms with Crippen molar-refractivity contribution >= 4 is 33.7 Å². The Labute approximate surface area is 123 Å². The number of methoxy groups -OCH3 is 1. The first-order valence-electron chi connectivity index (χ1n) is 5.45. The number of aromatic hydroxyl groups is 1. The highest BCUT2D eigenvalue weighted by Gasteiger charge is 2.12. The molecule has 0 bridgehead atoms. The zero-order chi connectivity index (χ0) is 13.8. The second-order valence-corrected chi connectivity index (χ2v) is 5.79. The van der Waals surface area contributed by atoms with Gasteiger partial charge >= 0.3 is 5.97 Å². The van der Waals surface area contributed by atoms with Gasteiger partial charge in [-0.3, -0.25) is 0 Å². The fourth-order valence-corrected chi connectivity index (χ4v) is 2.61. The Kier molecular flexibility index (Phi) is 4.50. The fourth-order valence-electron chi connectivity index (χ4n) is 1.49. The van der Waals surface area contributed by atoms with Gasteiger partial charge in [-0.2, -0.15) is 0 Å². The minimum Gasteiger partial charge on any atom is -0.507 e. The third kappa shape index (κ3) is 3.52. The van der Waals surface area contributed by atoms with Crippen LogP contribution in [-0.2, 0) is 4.74 Å². The van der Waals surface area contributed by atoms with Crippen LogP contribution >= 0.6 is 27.7 Å². The molecule has 0 atom stereocenters. The summed E-state index contributed by atoms with van der Waals surface area (Å²) in [5, 5.41) is 9.62. The number of benzene rings is 2. The Bertz CT molecular complexity index is 596. The van der Waals surface area contributed by atoms with E-state index < -0.39 is 5.97 Å². The van der Waals surface area contributed by atoms with Crippen molar-refractivity contribution in [1.82, 2.24) is 0 Å². The van der Waals surface area contributed by atoms with E-state index in [4.69, 9.17) is 0 Å². The number of phenols is 1. The lowest BCUT2D eigenvalue weighted by atomic mass is 10.2. The van der Waals surface area contributed by atoms with Crippen LogP contribution in [0.4, 0.5) is 0 Å². The van der Waals surface area contributed by atoms with E-state index in [0.29, 0.717) is 0 Å². The molecule has 0 heterocycles. The fraction of sp³-hybridized carbons (Fsp3) is 0.0714. The number of esters is 1. The number of carbonyl (C=O) groups excluding carboxylic acids is 1. The second-order valence-electron chi connectivity index (χ2n) is 3.73. The van der Waals surface area contributed by atoms with Crippen LogP contribution in [0.5, 0.6) is 5.75 Å². The van der Waals surface area contributed by atoms with Crippen LogP contribution in [0, 0.1) is 0 Å². The number of halogens is 1. The molecule has 0 aliphatic rings. The standard InChI is InChI=1S/C14H11BrO3S/c1-18-14(17)12-8-11(6-7-13(12)16)19-10-4-2-9(15)3-5-10/h2-8,16H,1H3. The molecule has 1 N–H and O–H groups in total. The smallest absolute Gasteiger partial charge is 0.341 e. The summed E-state index contributed by atoms with van der Waals surface area (Å²) in [6, 6.07) is 12.7. The molecule has 98 valence electrons. The summed E-state index contributed by atoms with van der Waals surface area (Å²) < 4.78 is 5.64. The quantitative estimate of drug-likeness (QED) is 0.856. The Morgan fingerprint density at radius 2 is 1.79 bits per heavy atom. The highest BCUT2D eigenvalue weighted by molar-refractivity contribution is 9.10. The van der Waals surface area contributed by atoms with Gasteiger partial charge < -0.3 is 9.84 Å². The van der Waals surface area contributed by atoms with E-state index in [2.05, 4.69) is 20.7 Å². The van der Waals surface area contributed by atoms with Crippen LogP contribution in [0.2, 0.25) is 0 Å². The second kappa shape index (κ2) is 6.12. The molecule has 0 fully saturated rings. The van der Waals surface area contributed by atoms with E-state index in [1.165, 1.54) is 24.9 Å². The Morgan fingerprint density at radius 3 is 2.42 bits per heavy atom. The van der Waals surface area contributed by atoms with Crippen molar-refractivity contribution in [3.63, 3.8) is 0 Å². The summed E-state index contributed by atoms with van der Waals surface area (Å²) in [4.78, 5) is 13.4. The molecule has 0 saturated carbocycles. The van der Waals surface area contributed by atoms with Gasteiger partial charge in [0.2, 0.25) is 0 Å². The average Bonchev–Trinajstić information content (AvgIpc) is 2.42. The summed E-state index contributed by atoms with van der Waals surface area (Å²) in [7, 11) is 1.29. The lowest BCUT2D eigenvalue weighted by molar-refractivity contribution is 0.0597. The molecule has 0 amide bonds. The van der Waals surface area contributed by atoms with Gasteiger partial charge in [0.15, 0.2) is 0 Å². The minimum atomic E-state index is -0.546. The maximum Gasteiger partial charge on any atom is 0.341 e. The van der Waals surface area contributed by atoms with E-state index >= 15 is 0 Å². The topological polar surface area (TPSA) is 46.5 Å². The molecule has 2 aromatic carbocycles. The van der Waals surface area contributed by atoms with Crippen molar-refractivity contribution in [2.24, 2.45) is 0 Å². The summed E-state index contributed by atoms with van der Waals surface area (Å²) >= 11 is 4.88. The van der Waals surface area contributed by atoms with Crippen molar-refractivity contribution < 1.29 is 14.6 Å². The Morgan fingerprint density at radius 1 is 1.16 bits per heavy atom. The third-order valence-electron chi connectivity index (χ3n) is 2.42. The number of hydrogen-bond acceptors (Lipinski definition) is 4. The lowest BCUT2D eigenvalue weighted by Crippen LogP contribution is -2.01. The molecule has 2 aromatic rings. The molecule has 2 rings (SSSR count). The molecule has 0 aliphatic heterocycles. The van der Waals surface area contributed by atoms with Gasteiger partial charge in [0.25, 0.3) is 0 Å². The number of rotatable bonds is 3. The molecule has 19 heavy (non-hydrogen) atoms. The van der Waals surface area contributed by atoms with Gasteiger partial charge in [-0.25, -0.2) is 4.79 Å². The molecule has 0 aliphatic carbocycles. The van der Waals surface area contributed by atoms with E-state index in [1.54, 1.807) is 12.1 Å². The van der Waals surface area contributed by atoms with Gasteiger partial charge in [0, 0.05) is 14.3 Å². The molecule has 5 heteroatoms. The van der Waals surface area contributed by atoms with Crippen LogP contribution in [-0.4, -0.2) is 18.2 Å². The molecule has 0 radical (unpaired) electrons. The minimum absolute atomic E-state index is 0.0768. The van der Waals surface area contributed by atoms with Crippen molar-refractivity contribution in [3.05, 3.63) is 52.5 Å². The summed E-state index contributed by atoms with van der Waals surface area (Å²) in [6.07, 6.45) is 0. The molecular weight excluding hydrogens is 328 g/mol. The first-order valence-corrected chi connectivity index (χ1v) is 7.06. The predicted octanol–water partition coefficient (Wildman–Crippen LogP) is 4.09. The Balaban J connectivity index is 2.26. The lowest BCUT2D eigenvalue weighted by Gasteiger charge is -2.06. The maximum absolute atomic E-state index is 11.5. The highest BCUT2D eigenvalue weighted by Crippen LogP contribution is 2.31. The SMILES string of the molecule is COC(=O)c1cc(Sc2ccc(Br)cc2)ccc1O. The summed E-state index contributed by atoms with van der Waals surface area (Å²) in [6.45, 7) is 0. The maximum atomic E-state index is 11.5. The monoisotopic (exact) mass is 338 g/mol. The molecular formula is C14H11BrO3S. The summed E-state index contributed by atoms with van der Waals surface area (Å²) in [5.41, 5.74) is 0.171. The molecule has 3 nitrogen and oxygen atoms in total. The number of hydrogen-bond donors (Lipinski definition) is 1. The van der Waals surface area contributed by atoms with Gasteiger partial charge in [-0.05, 0) is 42.5 Å². The predicted molar refractivity (Wildman–Crippen MR) is 77.7 cm³/mol. The average molecular weight is 339 g/mol. The number of ether oxygens (including phenoxy) is 1. The van der Waals surface area contributed by atoms with Gasteiger partial charge in [-0.1, -0.05) is 27.7 Å². The van der Waals surface area contributed by atoms with E-state index in [-0.39, 0.29) is 11.3 Å². The third-order valence-corrected chi connectivity index (χ3v) is 3.95. The van der Waals surface area contributed by atoms with Gasteiger partial charge in [0.05, 0.1) is 7.11 Å². The van der Waals surface area contributed by atoms with Crippen molar-refractivity contribution in [3.8, 4) is 5.75 Å². The van der Waals surface area contributed by atoms with Crippen molar-refractivity contribution in [2.75, 3.05) is 7.11 Å². The van der Waals surface area contributed by atoms with Crippen LogP contribution < -0.4 is 0 Å². The van der Waals surface area contributed by atoms with Gasteiger partial charge in [0.1, 0.15) is 11.3 Å². The Hall–Kier alpha value is -1.46. The van der Waals surface area contributed by atoms with Crippen molar-refractivity contribution in [2.45, 2.75) is 9.79 Å².